The topological polar surface area (TPSA) is 54.4 Å². The number of hydrogen-bond acceptors (Lipinski definition) is 3. The van der Waals surface area contributed by atoms with Crippen molar-refractivity contribution in [2.45, 2.75) is 30.6 Å². The van der Waals surface area contributed by atoms with Crippen LogP contribution in [0.4, 0.5) is 0 Å². The van der Waals surface area contributed by atoms with Crippen LogP contribution in [0, 0.1) is 5.41 Å². The molecule has 0 bridgehead atoms. The third kappa shape index (κ3) is 2.75. The SMILES string of the molecule is CS(=O)(=O)c1ccc(C2=C(c3ccc(O)cc3)CC3(CC3)C2)cc1. The molecule has 0 aromatic heterocycles. The van der Waals surface area contributed by atoms with Gasteiger partial charge in [0.25, 0.3) is 0 Å². The van der Waals surface area contributed by atoms with Crippen molar-refractivity contribution in [2.75, 3.05) is 6.26 Å². The summed E-state index contributed by atoms with van der Waals surface area (Å²) in [6, 6.07) is 14.6. The van der Waals surface area contributed by atoms with Gasteiger partial charge in [-0.25, -0.2) is 8.42 Å². The van der Waals surface area contributed by atoms with Gasteiger partial charge in [-0.05, 0) is 77.6 Å². The highest BCUT2D eigenvalue weighted by Crippen LogP contribution is 2.63. The maximum absolute atomic E-state index is 11.7. The molecule has 0 amide bonds. The van der Waals surface area contributed by atoms with Crippen molar-refractivity contribution < 1.29 is 13.5 Å². The number of benzene rings is 2. The first kappa shape index (κ1) is 15.5. The molecule has 0 aliphatic heterocycles. The lowest BCUT2D eigenvalue weighted by atomic mass is 9.97. The number of sulfone groups is 1. The number of phenolic OH excluding ortho intramolecular Hbond substituents is 1. The van der Waals surface area contributed by atoms with E-state index in [0.29, 0.717) is 10.3 Å². The quantitative estimate of drug-likeness (QED) is 0.907. The molecule has 0 radical (unpaired) electrons. The Morgan fingerprint density at radius 1 is 0.833 bits per heavy atom. The van der Waals surface area contributed by atoms with Gasteiger partial charge in [0, 0.05) is 6.26 Å². The highest BCUT2D eigenvalue weighted by atomic mass is 32.2. The standard InChI is InChI=1S/C20H20O3S/c1-24(22,23)17-8-4-15(5-9-17)19-13-20(10-11-20)12-18(19)14-2-6-16(21)7-3-14/h2-9,21H,10-13H2,1H3. The summed E-state index contributed by atoms with van der Waals surface area (Å²) in [4.78, 5) is 0.358. The van der Waals surface area contributed by atoms with Gasteiger partial charge in [0.2, 0.25) is 0 Å². The average molecular weight is 340 g/mol. The monoisotopic (exact) mass is 340 g/mol. The van der Waals surface area contributed by atoms with Crippen molar-refractivity contribution in [3.8, 4) is 5.75 Å². The van der Waals surface area contributed by atoms with Crippen molar-refractivity contribution in [1.29, 1.82) is 0 Å². The van der Waals surface area contributed by atoms with Crippen molar-refractivity contribution in [3.05, 3.63) is 59.7 Å². The summed E-state index contributed by atoms with van der Waals surface area (Å²) in [5.74, 6) is 0.275. The van der Waals surface area contributed by atoms with E-state index in [4.69, 9.17) is 0 Å². The minimum atomic E-state index is -3.17. The molecule has 1 N–H and O–H groups in total. The van der Waals surface area contributed by atoms with Crippen molar-refractivity contribution in [1.82, 2.24) is 0 Å². The van der Waals surface area contributed by atoms with Gasteiger partial charge in [0.05, 0.1) is 4.90 Å². The van der Waals surface area contributed by atoms with Gasteiger partial charge in [0.15, 0.2) is 9.84 Å². The van der Waals surface area contributed by atoms with Gasteiger partial charge in [-0.3, -0.25) is 0 Å². The molecule has 0 unspecified atom stereocenters. The first-order valence-corrected chi connectivity index (χ1v) is 10.1. The average Bonchev–Trinajstić information content (AvgIpc) is 3.19. The second kappa shape index (κ2) is 5.21. The third-order valence-corrected chi connectivity index (χ3v) is 6.40. The van der Waals surface area contributed by atoms with E-state index in [-0.39, 0.29) is 5.75 Å². The summed E-state index contributed by atoms with van der Waals surface area (Å²) in [7, 11) is -3.17. The van der Waals surface area contributed by atoms with E-state index in [2.05, 4.69) is 0 Å². The number of allylic oxidation sites excluding steroid dienone is 2. The largest absolute Gasteiger partial charge is 0.508 e. The fraction of sp³-hybridized carbons (Fsp3) is 0.300. The molecule has 1 fully saturated rings. The maximum atomic E-state index is 11.7. The fourth-order valence-electron chi connectivity index (χ4n) is 3.67. The summed E-state index contributed by atoms with van der Waals surface area (Å²) in [6.45, 7) is 0. The highest BCUT2D eigenvalue weighted by Gasteiger charge is 2.48. The van der Waals surface area contributed by atoms with Gasteiger partial charge >= 0.3 is 0 Å². The zero-order chi connectivity index (χ0) is 16.9. The lowest BCUT2D eigenvalue weighted by Gasteiger charge is -2.09. The molecule has 24 heavy (non-hydrogen) atoms. The van der Waals surface area contributed by atoms with Crippen LogP contribution in [0.2, 0.25) is 0 Å². The molecule has 4 rings (SSSR count). The highest BCUT2D eigenvalue weighted by molar-refractivity contribution is 7.90. The van der Waals surface area contributed by atoms with Crippen LogP contribution < -0.4 is 0 Å². The van der Waals surface area contributed by atoms with E-state index in [0.717, 1.165) is 24.0 Å². The first-order chi connectivity index (χ1) is 11.4. The second-order valence-electron chi connectivity index (χ2n) is 7.15. The number of rotatable bonds is 3. The minimum Gasteiger partial charge on any atom is -0.508 e. The Morgan fingerprint density at radius 2 is 1.29 bits per heavy atom. The Labute approximate surface area is 142 Å². The van der Waals surface area contributed by atoms with Crippen molar-refractivity contribution in [2.24, 2.45) is 5.41 Å². The molecule has 2 aliphatic rings. The van der Waals surface area contributed by atoms with Gasteiger partial charge in [-0.1, -0.05) is 24.3 Å². The van der Waals surface area contributed by atoms with Crippen LogP contribution >= 0.6 is 0 Å². The van der Waals surface area contributed by atoms with Crippen molar-refractivity contribution >= 4 is 21.0 Å². The Kier molecular flexibility index (Phi) is 3.36. The molecule has 3 nitrogen and oxygen atoms in total. The predicted octanol–water partition coefficient (Wildman–Crippen LogP) is 4.28. The predicted molar refractivity (Wildman–Crippen MR) is 95.4 cm³/mol. The summed E-state index contributed by atoms with van der Waals surface area (Å²) < 4.78 is 23.3. The van der Waals surface area contributed by atoms with Crippen LogP contribution in [-0.4, -0.2) is 19.8 Å². The molecule has 1 saturated carbocycles. The van der Waals surface area contributed by atoms with Gasteiger partial charge in [0.1, 0.15) is 5.75 Å². The fourth-order valence-corrected chi connectivity index (χ4v) is 4.31. The van der Waals surface area contributed by atoms with E-state index < -0.39 is 9.84 Å². The Balaban J connectivity index is 1.77. The Hall–Kier alpha value is -2.07. The van der Waals surface area contributed by atoms with Crippen LogP contribution in [0.3, 0.4) is 0 Å². The molecular weight excluding hydrogens is 320 g/mol. The van der Waals surface area contributed by atoms with E-state index in [1.165, 1.54) is 30.2 Å². The number of phenols is 1. The lowest BCUT2D eigenvalue weighted by molar-refractivity contribution is 0.475. The van der Waals surface area contributed by atoms with E-state index in [1.54, 1.807) is 24.3 Å². The molecule has 1 spiro atoms. The zero-order valence-corrected chi connectivity index (χ0v) is 14.4. The molecular formula is C20H20O3S. The third-order valence-electron chi connectivity index (χ3n) is 5.27. The Morgan fingerprint density at radius 3 is 1.71 bits per heavy atom. The summed E-state index contributed by atoms with van der Waals surface area (Å²) in [6.07, 6.45) is 5.89. The summed E-state index contributed by atoms with van der Waals surface area (Å²) in [5, 5.41) is 9.53. The number of hydrogen-bond donors (Lipinski definition) is 1. The van der Waals surface area contributed by atoms with Gasteiger partial charge in [-0.2, -0.15) is 0 Å². The van der Waals surface area contributed by atoms with Gasteiger partial charge in [-0.15, -0.1) is 0 Å². The second-order valence-corrected chi connectivity index (χ2v) is 9.17. The molecule has 2 aromatic carbocycles. The summed E-state index contributed by atoms with van der Waals surface area (Å²) in [5.41, 5.74) is 5.32. The van der Waals surface area contributed by atoms with Gasteiger partial charge < -0.3 is 5.11 Å². The van der Waals surface area contributed by atoms with Crippen LogP contribution in [-0.2, 0) is 9.84 Å². The smallest absolute Gasteiger partial charge is 0.175 e. The Bertz CT molecular complexity index is 916. The zero-order valence-electron chi connectivity index (χ0n) is 13.6. The van der Waals surface area contributed by atoms with Crippen LogP contribution in [0.1, 0.15) is 36.8 Å². The molecule has 2 aromatic rings. The number of aromatic hydroxyl groups is 1. The summed E-state index contributed by atoms with van der Waals surface area (Å²) >= 11 is 0. The maximum Gasteiger partial charge on any atom is 0.175 e. The van der Waals surface area contributed by atoms with Crippen LogP contribution in [0.25, 0.3) is 11.1 Å². The molecule has 124 valence electrons. The molecule has 2 aliphatic carbocycles. The van der Waals surface area contributed by atoms with E-state index in [9.17, 15) is 13.5 Å². The minimum absolute atomic E-state index is 0.275. The van der Waals surface area contributed by atoms with Crippen LogP contribution in [0.5, 0.6) is 5.75 Å². The first-order valence-electron chi connectivity index (χ1n) is 8.18. The molecule has 4 heteroatoms. The van der Waals surface area contributed by atoms with E-state index in [1.807, 2.05) is 24.3 Å². The van der Waals surface area contributed by atoms with E-state index >= 15 is 0 Å². The van der Waals surface area contributed by atoms with Crippen molar-refractivity contribution in [3.63, 3.8) is 0 Å². The van der Waals surface area contributed by atoms with Crippen LogP contribution in [0.15, 0.2) is 53.4 Å². The molecule has 0 saturated heterocycles. The molecule has 0 heterocycles. The normalized spacial score (nSPS) is 19.0. The molecule has 0 atom stereocenters. The lowest BCUT2D eigenvalue weighted by Crippen LogP contribution is -1.97.